The molecular formula is C23H27Cl2N3O3. The summed E-state index contributed by atoms with van der Waals surface area (Å²) in [6.07, 6.45) is 3.51. The lowest BCUT2D eigenvalue weighted by molar-refractivity contribution is -0.123. The minimum atomic E-state index is -0.799. The Morgan fingerprint density at radius 1 is 1.16 bits per heavy atom. The molecule has 2 aromatic carbocycles. The molecule has 31 heavy (non-hydrogen) atoms. The molecule has 0 saturated heterocycles. The summed E-state index contributed by atoms with van der Waals surface area (Å²) in [5, 5.41) is 7.39. The molecular weight excluding hydrogens is 437 g/mol. The highest BCUT2D eigenvalue weighted by molar-refractivity contribution is 6.36. The van der Waals surface area contributed by atoms with Crippen LogP contribution in [0, 0.1) is 5.92 Å². The molecule has 1 atom stereocenters. The van der Waals surface area contributed by atoms with Crippen LogP contribution in [0.2, 0.25) is 10.0 Å². The molecule has 0 aliphatic heterocycles. The summed E-state index contributed by atoms with van der Waals surface area (Å²) in [6.45, 7) is 6.36. The monoisotopic (exact) mass is 463 g/mol. The third-order valence-corrected chi connectivity index (χ3v) is 5.01. The quantitative estimate of drug-likeness (QED) is 0.293. The van der Waals surface area contributed by atoms with Crippen LogP contribution >= 0.6 is 23.2 Å². The van der Waals surface area contributed by atoms with Crippen molar-refractivity contribution in [3.8, 4) is 5.75 Å². The second-order valence-electron chi connectivity index (χ2n) is 7.29. The Morgan fingerprint density at radius 3 is 2.58 bits per heavy atom. The summed E-state index contributed by atoms with van der Waals surface area (Å²) in [5.41, 5.74) is 3.48. The number of hydrogen-bond donors (Lipinski definition) is 2. The van der Waals surface area contributed by atoms with E-state index in [0.717, 1.165) is 18.4 Å². The van der Waals surface area contributed by atoms with Gasteiger partial charge in [0.25, 0.3) is 11.8 Å². The van der Waals surface area contributed by atoms with E-state index >= 15 is 0 Å². The smallest absolute Gasteiger partial charge is 0.262 e. The normalized spacial score (nSPS) is 12.1. The summed E-state index contributed by atoms with van der Waals surface area (Å²) >= 11 is 12.0. The first-order chi connectivity index (χ1) is 14.8. The van der Waals surface area contributed by atoms with Crippen LogP contribution in [0.4, 0.5) is 0 Å². The van der Waals surface area contributed by atoms with Gasteiger partial charge >= 0.3 is 0 Å². The van der Waals surface area contributed by atoms with E-state index in [9.17, 15) is 9.59 Å². The summed E-state index contributed by atoms with van der Waals surface area (Å²) in [5.74, 6) is -0.377. The second kappa shape index (κ2) is 12.3. The zero-order valence-electron chi connectivity index (χ0n) is 17.8. The number of amides is 2. The number of carbonyl (C=O) groups excluding carboxylic acids is 2. The molecule has 0 spiro atoms. The zero-order valence-corrected chi connectivity index (χ0v) is 19.3. The van der Waals surface area contributed by atoms with Crippen LogP contribution in [0.25, 0.3) is 0 Å². The number of unbranched alkanes of at least 4 members (excludes halogenated alkanes) is 1. The molecule has 0 aliphatic carbocycles. The lowest BCUT2D eigenvalue weighted by Gasteiger charge is -2.20. The van der Waals surface area contributed by atoms with Crippen molar-refractivity contribution in [3.05, 3.63) is 63.6 Å². The third kappa shape index (κ3) is 7.56. The first-order valence-corrected chi connectivity index (χ1v) is 10.9. The van der Waals surface area contributed by atoms with Crippen LogP contribution in [-0.4, -0.2) is 30.7 Å². The van der Waals surface area contributed by atoms with Gasteiger partial charge in [-0.25, -0.2) is 5.43 Å². The average molecular weight is 464 g/mol. The lowest BCUT2D eigenvalue weighted by atomic mass is 10.0. The molecule has 2 amide bonds. The molecule has 1 unspecified atom stereocenters. The van der Waals surface area contributed by atoms with E-state index in [1.165, 1.54) is 18.3 Å². The molecule has 0 aromatic heterocycles. The van der Waals surface area contributed by atoms with Crippen LogP contribution < -0.4 is 15.5 Å². The predicted molar refractivity (Wildman–Crippen MR) is 125 cm³/mol. The Labute approximate surface area is 193 Å². The van der Waals surface area contributed by atoms with Crippen molar-refractivity contribution in [2.75, 3.05) is 6.61 Å². The van der Waals surface area contributed by atoms with Crippen molar-refractivity contribution in [2.24, 2.45) is 11.0 Å². The van der Waals surface area contributed by atoms with Crippen molar-refractivity contribution >= 4 is 41.2 Å². The molecule has 2 rings (SSSR count). The largest absolute Gasteiger partial charge is 0.493 e. The Bertz CT molecular complexity index is 932. The predicted octanol–water partition coefficient (Wildman–Crippen LogP) is 5.08. The Morgan fingerprint density at radius 2 is 1.90 bits per heavy atom. The van der Waals surface area contributed by atoms with E-state index in [-0.39, 0.29) is 16.5 Å². The maximum atomic E-state index is 12.7. The number of ether oxygens (including phenoxy) is 1. The number of para-hydroxylation sites is 1. The number of halogens is 2. The molecule has 6 nitrogen and oxygen atoms in total. The Hall–Kier alpha value is -2.57. The Balaban J connectivity index is 2.04. The highest BCUT2D eigenvalue weighted by Gasteiger charge is 2.25. The maximum absolute atomic E-state index is 12.7. The fourth-order valence-electron chi connectivity index (χ4n) is 2.71. The molecule has 2 aromatic rings. The van der Waals surface area contributed by atoms with E-state index in [4.69, 9.17) is 27.9 Å². The van der Waals surface area contributed by atoms with Crippen molar-refractivity contribution in [1.29, 1.82) is 0 Å². The van der Waals surface area contributed by atoms with E-state index in [2.05, 4.69) is 22.8 Å². The van der Waals surface area contributed by atoms with E-state index < -0.39 is 17.9 Å². The minimum absolute atomic E-state index is 0.171. The highest BCUT2D eigenvalue weighted by Crippen LogP contribution is 2.21. The van der Waals surface area contributed by atoms with Gasteiger partial charge in [-0.2, -0.15) is 5.10 Å². The number of nitrogens with one attached hydrogen (secondary N) is 2. The maximum Gasteiger partial charge on any atom is 0.262 e. The summed E-state index contributed by atoms with van der Waals surface area (Å²) in [7, 11) is 0. The fraction of sp³-hybridized carbons (Fsp3) is 0.348. The number of hydrogen-bond acceptors (Lipinski definition) is 4. The summed E-state index contributed by atoms with van der Waals surface area (Å²) in [4.78, 5) is 25.2. The fourth-order valence-corrected chi connectivity index (χ4v) is 3.20. The Kier molecular flexibility index (Phi) is 9.82. The van der Waals surface area contributed by atoms with E-state index in [0.29, 0.717) is 17.4 Å². The van der Waals surface area contributed by atoms with Gasteiger partial charge in [0.2, 0.25) is 0 Å². The van der Waals surface area contributed by atoms with Crippen molar-refractivity contribution < 1.29 is 14.3 Å². The third-order valence-electron chi connectivity index (χ3n) is 4.46. The van der Waals surface area contributed by atoms with Gasteiger partial charge in [0.05, 0.1) is 23.4 Å². The van der Waals surface area contributed by atoms with Crippen molar-refractivity contribution in [1.82, 2.24) is 10.7 Å². The van der Waals surface area contributed by atoms with Crippen LogP contribution in [-0.2, 0) is 4.79 Å². The van der Waals surface area contributed by atoms with Gasteiger partial charge < -0.3 is 10.1 Å². The first kappa shape index (κ1) is 24.7. The van der Waals surface area contributed by atoms with Crippen molar-refractivity contribution in [2.45, 2.75) is 39.7 Å². The molecule has 8 heteroatoms. The van der Waals surface area contributed by atoms with Gasteiger partial charge in [0.1, 0.15) is 11.8 Å². The minimum Gasteiger partial charge on any atom is -0.493 e. The average Bonchev–Trinajstić information content (AvgIpc) is 2.72. The molecule has 166 valence electrons. The lowest BCUT2D eigenvalue weighted by Crippen LogP contribution is -2.48. The summed E-state index contributed by atoms with van der Waals surface area (Å²) < 4.78 is 5.76. The molecule has 0 fully saturated rings. The topological polar surface area (TPSA) is 79.8 Å². The molecule has 0 saturated carbocycles. The van der Waals surface area contributed by atoms with E-state index in [1.807, 2.05) is 38.1 Å². The van der Waals surface area contributed by atoms with Gasteiger partial charge in [-0.05, 0) is 42.7 Å². The van der Waals surface area contributed by atoms with Gasteiger partial charge in [-0.3, -0.25) is 9.59 Å². The van der Waals surface area contributed by atoms with Crippen LogP contribution in [0.1, 0.15) is 49.5 Å². The van der Waals surface area contributed by atoms with Gasteiger partial charge in [0.15, 0.2) is 0 Å². The van der Waals surface area contributed by atoms with Crippen LogP contribution in [0.3, 0.4) is 0 Å². The SMILES string of the molecule is CCCCOc1ccccc1/C=N/NC(=O)C(NC(=O)c1ccc(Cl)cc1Cl)C(C)C. The van der Waals surface area contributed by atoms with Gasteiger partial charge in [-0.1, -0.05) is 62.5 Å². The zero-order chi connectivity index (χ0) is 22.8. The molecule has 0 aliphatic rings. The summed E-state index contributed by atoms with van der Waals surface area (Å²) in [6, 6.07) is 11.2. The highest BCUT2D eigenvalue weighted by atomic mass is 35.5. The first-order valence-electron chi connectivity index (χ1n) is 10.1. The van der Waals surface area contributed by atoms with Gasteiger partial charge in [0, 0.05) is 10.6 Å². The second-order valence-corrected chi connectivity index (χ2v) is 8.14. The number of rotatable bonds is 10. The molecule has 0 bridgehead atoms. The standard InChI is InChI=1S/C23H27Cl2N3O3/c1-4-5-12-31-20-9-7-6-8-16(20)14-26-28-23(30)21(15(2)3)27-22(29)18-11-10-17(24)13-19(18)25/h6-11,13-15,21H,4-5,12H2,1-3H3,(H,27,29)(H,28,30)/b26-14+. The molecule has 0 radical (unpaired) electrons. The number of benzene rings is 2. The number of carbonyl (C=O) groups is 2. The number of nitrogens with zero attached hydrogens (tertiary/aromatic N) is 1. The molecule has 0 heterocycles. The van der Waals surface area contributed by atoms with Crippen LogP contribution in [0.15, 0.2) is 47.6 Å². The number of hydrazone groups is 1. The van der Waals surface area contributed by atoms with Crippen LogP contribution in [0.5, 0.6) is 5.75 Å². The van der Waals surface area contributed by atoms with Gasteiger partial charge in [-0.15, -0.1) is 0 Å². The van der Waals surface area contributed by atoms with Crippen molar-refractivity contribution in [3.63, 3.8) is 0 Å². The van der Waals surface area contributed by atoms with E-state index in [1.54, 1.807) is 6.07 Å². The molecule has 2 N–H and O–H groups in total.